The number of methoxy groups -OCH3 is 1. The Labute approximate surface area is 193 Å². The van der Waals surface area contributed by atoms with Crippen molar-refractivity contribution >= 4 is 15.9 Å². The smallest absolute Gasteiger partial charge is 0.301 e. The Kier molecular flexibility index (Phi) is 6.95. The molecule has 1 heterocycles. The molecular formula is C25H26F2N2O3S. The van der Waals surface area contributed by atoms with Crippen LogP contribution < -0.4 is 9.46 Å². The summed E-state index contributed by atoms with van der Waals surface area (Å²) in [5.74, 6) is -0.286. The number of hydrogen-bond acceptors (Lipinski definition) is 3. The lowest BCUT2D eigenvalue weighted by atomic mass is 9.77. The quantitative estimate of drug-likeness (QED) is 0.516. The third-order valence-corrected chi connectivity index (χ3v) is 7.53. The number of hydrogen-bond donors (Lipinski definition) is 1. The molecule has 8 heteroatoms. The van der Waals surface area contributed by atoms with Gasteiger partial charge in [0.05, 0.1) is 12.8 Å². The van der Waals surface area contributed by atoms with Crippen LogP contribution in [-0.2, 0) is 10.2 Å². The van der Waals surface area contributed by atoms with Gasteiger partial charge in [-0.2, -0.15) is 12.7 Å². The van der Waals surface area contributed by atoms with E-state index in [4.69, 9.17) is 4.74 Å². The summed E-state index contributed by atoms with van der Waals surface area (Å²) in [4.78, 5) is 0. The lowest BCUT2D eigenvalue weighted by Gasteiger charge is -2.37. The highest BCUT2D eigenvalue weighted by atomic mass is 32.2. The fraction of sp³-hybridized carbons (Fsp3) is 0.280. The second kappa shape index (κ2) is 9.89. The van der Waals surface area contributed by atoms with Crippen LogP contribution in [0.2, 0.25) is 0 Å². The minimum absolute atomic E-state index is 0.0536. The normalized spacial score (nSPS) is 17.2. The van der Waals surface area contributed by atoms with Crippen LogP contribution in [0, 0.1) is 17.6 Å². The van der Waals surface area contributed by atoms with E-state index < -0.39 is 10.2 Å². The summed E-state index contributed by atoms with van der Waals surface area (Å²) in [6, 6.07) is 19.1. The van der Waals surface area contributed by atoms with Crippen molar-refractivity contribution in [3.8, 4) is 5.75 Å². The lowest BCUT2D eigenvalue weighted by Crippen LogP contribution is -2.44. The van der Waals surface area contributed by atoms with E-state index >= 15 is 0 Å². The van der Waals surface area contributed by atoms with Gasteiger partial charge in [0, 0.05) is 19.0 Å². The largest absolute Gasteiger partial charge is 0.497 e. The molecule has 0 bridgehead atoms. The Bertz CT molecular complexity index is 1120. The summed E-state index contributed by atoms with van der Waals surface area (Å²) >= 11 is 0. The van der Waals surface area contributed by atoms with Gasteiger partial charge in [0.2, 0.25) is 0 Å². The highest BCUT2D eigenvalue weighted by molar-refractivity contribution is 7.90. The summed E-state index contributed by atoms with van der Waals surface area (Å²) < 4.78 is 62.6. The number of benzene rings is 3. The van der Waals surface area contributed by atoms with Gasteiger partial charge in [-0.1, -0.05) is 24.3 Å². The molecule has 1 N–H and O–H groups in total. The van der Waals surface area contributed by atoms with Gasteiger partial charge in [0.25, 0.3) is 0 Å². The highest BCUT2D eigenvalue weighted by Crippen LogP contribution is 2.38. The average molecular weight is 473 g/mol. The molecule has 0 amide bonds. The van der Waals surface area contributed by atoms with Crippen LogP contribution in [0.15, 0.2) is 72.8 Å². The zero-order valence-electron chi connectivity index (χ0n) is 18.2. The first-order valence-corrected chi connectivity index (χ1v) is 12.2. The molecule has 5 nitrogen and oxygen atoms in total. The summed E-state index contributed by atoms with van der Waals surface area (Å²) in [5.41, 5.74) is 2.19. The Morgan fingerprint density at radius 1 is 0.909 bits per heavy atom. The summed E-state index contributed by atoms with van der Waals surface area (Å²) in [6.07, 6.45) is 1.49. The molecule has 1 saturated heterocycles. The van der Waals surface area contributed by atoms with E-state index in [0.717, 1.165) is 17.5 Å². The van der Waals surface area contributed by atoms with Crippen molar-refractivity contribution in [3.05, 3.63) is 95.6 Å². The molecule has 4 rings (SSSR count). The van der Waals surface area contributed by atoms with Gasteiger partial charge in [-0.15, -0.1) is 0 Å². The van der Waals surface area contributed by atoms with Crippen LogP contribution in [-0.4, -0.2) is 32.9 Å². The number of nitrogens with zero attached hydrogens (tertiary/aromatic N) is 1. The van der Waals surface area contributed by atoms with Gasteiger partial charge in [0.15, 0.2) is 0 Å². The number of ether oxygens (including phenoxy) is 1. The van der Waals surface area contributed by atoms with Crippen LogP contribution in [0.1, 0.15) is 29.9 Å². The molecule has 33 heavy (non-hydrogen) atoms. The van der Waals surface area contributed by atoms with Gasteiger partial charge in [-0.25, -0.2) is 8.78 Å². The topological polar surface area (TPSA) is 58.6 Å². The van der Waals surface area contributed by atoms with E-state index in [9.17, 15) is 17.2 Å². The molecule has 174 valence electrons. The molecule has 1 unspecified atom stereocenters. The van der Waals surface area contributed by atoms with E-state index in [0.29, 0.717) is 30.9 Å². The van der Waals surface area contributed by atoms with E-state index in [-0.39, 0.29) is 23.5 Å². The van der Waals surface area contributed by atoms with Crippen molar-refractivity contribution < 1.29 is 21.9 Å². The van der Waals surface area contributed by atoms with Crippen molar-refractivity contribution in [2.75, 3.05) is 24.9 Å². The van der Waals surface area contributed by atoms with Crippen LogP contribution in [0.3, 0.4) is 0 Å². The van der Waals surface area contributed by atoms with Crippen LogP contribution in [0.5, 0.6) is 5.75 Å². The molecule has 1 aliphatic rings. The maximum atomic E-state index is 13.6. The minimum Gasteiger partial charge on any atom is -0.497 e. The summed E-state index contributed by atoms with van der Waals surface area (Å²) in [5, 5.41) is 0. The monoisotopic (exact) mass is 472 g/mol. The minimum atomic E-state index is -3.78. The number of anilines is 1. The second-order valence-electron chi connectivity index (χ2n) is 8.18. The van der Waals surface area contributed by atoms with Crippen molar-refractivity contribution in [2.45, 2.75) is 18.8 Å². The molecule has 0 spiro atoms. The SMILES string of the molecule is COc1ccc(NS(=O)(=O)N2CCCC(C(c3ccc(F)cc3)c3ccc(F)cc3)C2)cc1. The first kappa shape index (κ1) is 23.2. The van der Waals surface area contributed by atoms with E-state index in [2.05, 4.69) is 4.72 Å². The molecule has 0 radical (unpaired) electrons. The number of rotatable bonds is 7. The number of halogens is 2. The zero-order chi connectivity index (χ0) is 23.4. The molecule has 0 saturated carbocycles. The van der Waals surface area contributed by atoms with E-state index in [1.165, 1.54) is 28.6 Å². The standard InChI is InChI=1S/C25H26F2N2O3S/c1-32-24-14-12-23(13-15-24)28-33(30,31)29-16-2-3-20(17-29)25(18-4-8-21(26)9-5-18)19-6-10-22(27)11-7-19/h4-15,20,25,28H,2-3,16-17H2,1H3. The zero-order valence-corrected chi connectivity index (χ0v) is 19.1. The fourth-order valence-electron chi connectivity index (χ4n) is 4.41. The Hall–Kier alpha value is -2.97. The van der Waals surface area contributed by atoms with E-state index in [1.54, 1.807) is 55.6 Å². The Balaban J connectivity index is 1.59. The van der Waals surface area contributed by atoms with Crippen LogP contribution in [0.25, 0.3) is 0 Å². The van der Waals surface area contributed by atoms with Crippen LogP contribution in [0.4, 0.5) is 14.5 Å². The first-order chi connectivity index (χ1) is 15.9. The molecule has 1 aliphatic heterocycles. The Morgan fingerprint density at radius 3 is 1.97 bits per heavy atom. The van der Waals surface area contributed by atoms with Gasteiger partial charge in [-0.3, -0.25) is 4.72 Å². The Morgan fingerprint density at radius 2 is 1.45 bits per heavy atom. The number of piperidine rings is 1. The van der Waals surface area contributed by atoms with Gasteiger partial charge >= 0.3 is 10.2 Å². The predicted molar refractivity (Wildman–Crippen MR) is 124 cm³/mol. The molecule has 3 aromatic rings. The summed E-state index contributed by atoms with van der Waals surface area (Å²) in [7, 11) is -2.23. The predicted octanol–water partition coefficient (Wildman–Crippen LogP) is 5.17. The molecule has 3 aromatic carbocycles. The van der Waals surface area contributed by atoms with Crippen molar-refractivity contribution in [1.82, 2.24) is 4.31 Å². The van der Waals surface area contributed by atoms with Crippen LogP contribution >= 0.6 is 0 Å². The molecular weight excluding hydrogens is 446 g/mol. The van der Waals surface area contributed by atoms with Crippen molar-refractivity contribution in [3.63, 3.8) is 0 Å². The lowest BCUT2D eigenvalue weighted by molar-refractivity contribution is 0.250. The highest BCUT2D eigenvalue weighted by Gasteiger charge is 2.34. The first-order valence-electron chi connectivity index (χ1n) is 10.8. The van der Waals surface area contributed by atoms with Gasteiger partial charge in [0.1, 0.15) is 17.4 Å². The maximum Gasteiger partial charge on any atom is 0.301 e. The third kappa shape index (κ3) is 5.51. The van der Waals surface area contributed by atoms with Crippen molar-refractivity contribution in [1.29, 1.82) is 0 Å². The average Bonchev–Trinajstić information content (AvgIpc) is 2.82. The van der Waals surface area contributed by atoms with Crippen molar-refractivity contribution in [2.24, 2.45) is 5.92 Å². The van der Waals surface area contributed by atoms with E-state index in [1.807, 2.05) is 0 Å². The molecule has 1 fully saturated rings. The fourth-order valence-corrected chi connectivity index (χ4v) is 5.73. The molecule has 1 atom stereocenters. The maximum absolute atomic E-state index is 13.6. The molecule has 0 aliphatic carbocycles. The second-order valence-corrected chi connectivity index (χ2v) is 9.85. The van der Waals surface area contributed by atoms with Gasteiger partial charge < -0.3 is 4.74 Å². The third-order valence-electron chi connectivity index (χ3n) is 6.03. The van der Waals surface area contributed by atoms with Gasteiger partial charge in [-0.05, 0) is 78.4 Å². The summed E-state index contributed by atoms with van der Waals surface area (Å²) in [6.45, 7) is 0.701. The number of nitrogens with one attached hydrogen (secondary N) is 1. The molecule has 0 aromatic heterocycles.